The van der Waals surface area contributed by atoms with Crippen molar-refractivity contribution in [2.45, 2.75) is 13.8 Å². The van der Waals surface area contributed by atoms with Crippen LogP contribution in [0.4, 0.5) is 0 Å². The monoisotopic (exact) mass is 514 g/mol. The fraction of sp³-hybridized carbons (Fsp3) is 0.231. The van der Waals surface area contributed by atoms with Gasteiger partial charge in [-0.25, -0.2) is 9.59 Å². The number of rotatable bonds is 10. The van der Waals surface area contributed by atoms with E-state index in [-0.39, 0.29) is 34.5 Å². The van der Waals surface area contributed by atoms with Crippen LogP contribution in [0.15, 0.2) is 36.4 Å². The van der Waals surface area contributed by atoms with E-state index in [0.717, 1.165) is 12.2 Å². The summed E-state index contributed by atoms with van der Waals surface area (Å²) in [7, 11) is 5.51. The molecule has 0 unspecified atom stereocenters. The maximum Gasteiger partial charge on any atom is 0.338 e. The van der Waals surface area contributed by atoms with Crippen LogP contribution >= 0.6 is 0 Å². The molecule has 0 aliphatic carbocycles. The summed E-state index contributed by atoms with van der Waals surface area (Å²) in [4.78, 5) is 46.9. The van der Waals surface area contributed by atoms with Crippen molar-refractivity contribution in [3.63, 3.8) is 0 Å². The molecular formula is C26H26O11. The summed E-state index contributed by atoms with van der Waals surface area (Å²) >= 11 is 0. The second kappa shape index (κ2) is 13.3. The molecule has 0 aliphatic heterocycles. The quantitative estimate of drug-likeness (QED) is 0.200. The zero-order chi connectivity index (χ0) is 27.5. The number of hydrogen-bond donors (Lipinski definition) is 0. The molecule has 0 aromatic heterocycles. The van der Waals surface area contributed by atoms with E-state index in [9.17, 15) is 19.2 Å². The molecule has 0 aliphatic rings. The fourth-order valence-electron chi connectivity index (χ4n) is 2.98. The van der Waals surface area contributed by atoms with Crippen molar-refractivity contribution in [1.29, 1.82) is 0 Å². The molecule has 2 aromatic rings. The Hall–Kier alpha value is -4.80. The van der Waals surface area contributed by atoms with Crippen molar-refractivity contribution in [3.8, 4) is 34.5 Å². The van der Waals surface area contributed by atoms with Crippen molar-refractivity contribution in [2.24, 2.45) is 0 Å². The summed E-state index contributed by atoms with van der Waals surface area (Å²) in [5, 5.41) is 0. The van der Waals surface area contributed by atoms with E-state index in [1.807, 2.05) is 0 Å². The zero-order valence-corrected chi connectivity index (χ0v) is 21.1. The average Bonchev–Trinajstić information content (AvgIpc) is 2.86. The Morgan fingerprint density at radius 3 is 1.11 bits per heavy atom. The number of benzene rings is 2. The Balaban J connectivity index is 2.14. The molecule has 0 amide bonds. The number of hydrogen-bond acceptors (Lipinski definition) is 11. The summed E-state index contributed by atoms with van der Waals surface area (Å²) in [6, 6.07) is 6.03. The average molecular weight is 514 g/mol. The van der Waals surface area contributed by atoms with Gasteiger partial charge in [0.25, 0.3) is 0 Å². The molecule has 0 saturated carbocycles. The van der Waals surface area contributed by atoms with Crippen molar-refractivity contribution < 1.29 is 52.3 Å². The lowest BCUT2D eigenvalue weighted by Crippen LogP contribution is -2.07. The van der Waals surface area contributed by atoms with Gasteiger partial charge >= 0.3 is 23.9 Å². The Labute approximate surface area is 213 Å². The minimum Gasteiger partial charge on any atom is -0.493 e. The van der Waals surface area contributed by atoms with Crippen molar-refractivity contribution >= 4 is 36.0 Å². The molecule has 0 N–H and O–H groups in total. The first-order chi connectivity index (χ1) is 17.6. The third kappa shape index (κ3) is 8.13. The normalized spacial score (nSPS) is 10.6. The summed E-state index contributed by atoms with van der Waals surface area (Å²) < 4.78 is 35.9. The SMILES string of the molecule is COc1cc(C=CC(=O)OC(=O)C=Cc2cc(OC)c(OC(C)=O)c(OC)c2)cc(OC)c1OC(C)=O. The zero-order valence-electron chi connectivity index (χ0n) is 21.1. The number of carbonyl (C=O) groups is 4. The summed E-state index contributed by atoms with van der Waals surface area (Å²) in [5.41, 5.74) is 0.910. The summed E-state index contributed by atoms with van der Waals surface area (Å²) in [6.07, 6.45) is 4.80. The second-order valence-electron chi connectivity index (χ2n) is 7.10. The van der Waals surface area contributed by atoms with Crippen molar-refractivity contribution in [2.75, 3.05) is 28.4 Å². The number of methoxy groups -OCH3 is 4. The Kier molecular flexibility index (Phi) is 10.2. The van der Waals surface area contributed by atoms with E-state index in [1.165, 1.54) is 78.7 Å². The molecule has 2 aromatic carbocycles. The standard InChI is InChI=1S/C26H26O11/c1-15(27)35-25-19(31-3)11-17(12-20(25)32-4)7-9-23(29)37-24(30)10-8-18-13-21(33-5)26(36-16(2)28)22(14-18)34-6/h7-14H,1-6H3. The van der Waals surface area contributed by atoms with Crippen LogP contribution < -0.4 is 28.4 Å². The van der Waals surface area contributed by atoms with Crippen LogP contribution in [0, 0.1) is 0 Å². The predicted molar refractivity (Wildman–Crippen MR) is 131 cm³/mol. The van der Waals surface area contributed by atoms with Crippen LogP contribution in [0.2, 0.25) is 0 Å². The summed E-state index contributed by atoms with van der Waals surface area (Å²) in [5.74, 6) is -2.01. The lowest BCUT2D eigenvalue weighted by molar-refractivity contribution is -0.152. The molecule has 0 radical (unpaired) electrons. The first-order valence-electron chi connectivity index (χ1n) is 10.6. The molecular weight excluding hydrogens is 488 g/mol. The Morgan fingerprint density at radius 1 is 0.568 bits per heavy atom. The topological polar surface area (TPSA) is 133 Å². The third-order valence-corrected chi connectivity index (χ3v) is 4.48. The van der Waals surface area contributed by atoms with Gasteiger partial charge in [0.1, 0.15) is 0 Å². The maximum absolute atomic E-state index is 12.1. The van der Waals surface area contributed by atoms with Gasteiger partial charge in [-0.05, 0) is 47.5 Å². The molecule has 0 atom stereocenters. The van der Waals surface area contributed by atoms with Gasteiger partial charge in [0.15, 0.2) is 23.0 Å². The van der Waals surface area contributed by atoms with Crippen LogP contribution in [0.5, 0.6) is 34.5 Å². The highest BCUT2D eigenvalue weighted by molar-refractivity contribution is 6.00. The maximum atomic E-state index is 12.1. The van der Waals surface area contributed by atoms with E-state index in [2.05, 4.69) is 0 Å². The van der Waals surface area contributed by atoms with E-state index in [4.69, 9.17) is 33.2 Å². The molecule has 0 heterocycles. The molecule has 196 valence electrons. The van der Waals surface area contributed by atoms with Crippen LogP contribution in [-0.4, -0.2) is 52.3 Å². The number of esters is 4. The summed E-state index contributed by atoms with van der Waals surface area (Å²) in [6.45, 7) is 2.47. The third-order valence-electron chi connectivity index (χ3n) is 4.48. The highest BCUT2D eigenvalue weighted by Crippen LogP contribution is 2.40. The van der Waals surface area contributed by atoms with Gasteiger partial charge in [-0.3, -0.25) is 9.59 Å². The van der Waals surface area contributed by atoms with Gasteiger partial charge in [0.2, 0.25) is 11.5 Å². The number of carbonyl (C=O) groups excluding carboxylic acids is 4. The Morgan fingerprint density at radius 2 is 0.865 bits per heavy atom. The van der Waals surface area contributed by atoms with Crippen LogP contribution in [0.3, 0.4) is 0 Å². The van der Waals surface area contributed by atoms with Crippen LogP contribution in [-0.2, 0) is 23.9 Å². The molecule has 0 fully saturated rings. The predicted octanol–water partition coefficient (Wildman–Crippen LogP) is 3.37. The molecule has 2 rings (SSSR count). The van der Waals surface area contributed by atoms with Gasteiger partial charge in [-0.15, -0.1) is 0 Å². The first-order valence-corrected chi connectivity index (χ1v) is 10.6. The smallest absolute Gasteiger partial charge is 0.338 e. The number of ether oxygens (including phenoxy) is 7. The highest BCUT2D eigenvalue weighted by atomic mass is 16.6. The van der Waals surface area contributed by atoms with E-state index < -0.39 is 23.9 Å². The minimum atomic E-state index is -0.933. The molecule has 37 heavy (non-hydrogen) atoms. The van der Waals surface area contributed by atoms with E-state index >= 15 is 0 Å². The second-order valence-corrected chi connectivity index (χ2v) is 7.10. The molecule has 11 heteroatoms. The van der Waals surface area contributed by atoms with Gasteiger partial charge < -0.3 is 33.2 Å². The Bertz CT molecular complexity index is 1100. The van der Waals surface area contributed by atoms with E-state index in [0.29, 0.717) is 11.1 Å². The van der Waals surface area contributed by atoms with Gasteiger partial charge in [-0.2, -0.15) is 0 Å². The first kappa shape index (κ1) is 28.4. The van der Waals surface area contributed by atoms with Crippen LogP contribution in [0.1, 0.15) is 25.0 Å². The molecule has 0 saturated heterocycles. The highest BCUT2D eigenvalue weighted by Gasteiger charge is 2.17. The minimum absolute atomic E-state index is 0.0895. The van der Waals surface area contributed by atoms with Crippen LogP contribution in [0.25, 0.3) is 12.2 Å². The van der Waals surface area contributed by atoms with Crippen molar-refractivity contribution in [1.82, 2.24) is 0 Å². The largest absolute Gasteiger partial charge is 0.493 e. The van der Waals surface area contributed by atoms with E-state index in [1.54, 1.807) is 0 Å². The molecule has 0 bridgehead atoms. The molecule has 0 spiro atoms. The van der Waals surface area contributed by atoms with Gasteiger partial charge in [0, 0.05) is 26.0 Å². The molecule has 11 nitrogen and oxygen atoms in total. The fourth-order valence-corrected chi connectivity index (χ4v) is 2.98. The van der Waals surface area contributed by atoms with Gasteiger partial charge in [0.05, 0.1) is 28.4 Å². The lowest BCUT2D eigenvalue weighted by Gasteiger charge is -2.13. The lowest BCUT2D eigenvalue weighted by atomic mass is 10.1. The van der Waals surface area contributed by atoms with Gasteiger partial charge in [-0.1, -0.05) is 0 Å². The van der Waals surface area contributed by atoms with Crippen molar-refractivity contribution in [3.05, 3.63) is 47.5 Å².